The van der Waals surface area contributed by atoms with Gasteiger partial charge in [-0.05, 0) is 62.6 Å². The topological polar surface area (TPSA) is 73.9 Å². The molecular weight excluding hydrogens is 502 g/mol. The number of alkyl carbamates (subject to hydrolysis) is 1. The molecule has 1 fully saturated rings. The van der Waals surface area contributed by atoms with Crippen LogP contribution in [0.25, 0.3) is 0 Å². The number of rotatable bonds is 22. The molecule has 0 bridgehead atoms. The average molecular weight is 560 g/mol. The van der Waals surface area contributed by atoms with E-state index in [9.17, 15) is 9.59 Å². The molecule has 1 aromatic rings. The molecular formula is C34H57NO5. The minimum absolute atomic E-state index is 0.0138. The van der Waals surface area contributed by atoms with Crippen LogP contribution in [-0.2, 0) is 20.7 Å². The van der Waals surface area contributed by atoms with Crippen LogP contribution in [0.15, 0.2) is 24.3 Å². The number of ether oxygens (including phenoxy) is 3. The Balaban J connectivity index is 1.56. The molecule has 0 heterocycles. The van der Waals surface area contributed by atoms with Crippen molar-refractivity contribution >= 4 is 12.1 Å². The second kappa shape index (κ2) is 22.4. The van der Waals surface area contributed by atoms with Crippen LogP contribution in [0.1, 0.15) is 135 Å². The quantitative estimate of drug-likeness (QED) is 0.113. The van der Waals surface area contributed by atoms with Gasteiger partial charge in [0.15, 0.2) is 0 Å². The van der Waals surface area contributed by atoms with Crippen LogP contribution >= 0.6 is 0 Å². The van der Waals surface area contributed by atoms with Crippen molar-refractivity contribution in [1.29, 1.82) is 0 Å². The number of hydrogen-bond acceptors (Lipinski definition) is 5. The van der Waals surface area contributed by atoms with Crippen molar-refractivity contribution < 1.29 is 23.8 Å². The second-order valence-corrected chi connectivity index (χ2v) is 11.4. The van der Waals surface area contributed by atoms with Gasteiger partial charge in [0, 0.05) is 6.42 Å². The summed E-state index contributed by atoms with van der Waals surface area (Å²) in [6, 6.07) is 8.13. The van der Waals surface area contributed by atoms with Gasteiger partial charge in [0.1, 0.15) is 18.5 Å². The SMILES string of the molecule is CCCCCCCCCCCCCCCC(=O)OC1CCCCC1Cc1ccc(OCCNC(=O)OCC)cc1. The summed E-state index contributed by atoms with van der Waals surface area (Å²) in [7, 11) is 0. The molecule has 1 aliphatic rings. The Bertz CT molecular complexity index is 781. The molecule has 1 saturated carbocycles. The van der Waals surface area contributed by atoms with Gasteiger partial charge >= 0.3 is 12.1 Å². The average Bonchev–Trinajstić information content (AvgIpc) is 2.95. The molecule has 2 rings (SSSR count). The lowest BCUT2D eigenvalue weighted by Gasteiger charge is -2.31. The lowest BCUT2D eigenvalue weighted by molar-refractivity contribution is -0.153. The molecule has 0 radical (unpaired) electrons. The highest BCUT2D eigenvalue weighted by atomic mass is 16.5. The molecule has 40 heavy (non-hydrogen) atoms. The monoisotopic (exact) mass is 559 g/mol. The molecule has 0 saturated heterocycles. The summed E-state index contributed by atoms with van der Waals surface area (Å²) in [6.07, 6.45) is 22.5. The van der Waals surface area contributed by atoms with Crippen molar-refractivity contribution in [3.05, 3.63) is 29.8 Å². The first-order valence-electron chi connectivity index (χ1n) is 16.4. The van der Waals surface area contributed by atoms with Crippen LogP contribution in [0.4, 0.5) is 4.79 Å². The minimum Gasteiger partial charge on any atom is -0.492 e. The first kappa shape index (κ1) is 34.0. The van der Waals surface area contributed by atoms with E-state index in [1.807, 2.05) is 12.1 Å². The van der Waals surface area contributed by atoms with Crippen molar-refractivity contribution in [2.75, 3.05) is 19.8 Å². The molecule has 1 aliphatic carbocycles. The molecule has 2 unspecified atom stereocenters. The molecule has 1 aromatic carbocycles. The third kappa shape index (κ3) is 16.1. The molecule has 0 spiro atoms. The second-order valence-electron chi connectivity index (χ2n) is 11.4. The fourth-order valence-corrected chi connectivity index (χ4v) is 5.61. The normalized spacial score (nSPS) is 16.9. The van der Waals surface area contributed by atoms with Crippen LogP contribution in [-0.4, -0.2) is 37.9 Å². The van der Waals surface area contributed by atoms with E-state index in [1.54, 1.807) is 6.92 Å². The number of unbranched alkanes of at least 4 members (excludes halogenated alkanes) is 12. The summed E-state index contributed by atoms with van der Waals surface area (Å²) in [6.45, 7) is 5.19. The van der Waals surface area contributed by atoms with E-state index in [2.05, 4.69) is 24.4 Å². The fourth-order valence-electron chi connectivity index (χ4n) is 5.61. The van der Waals surface area contributed by atoms with Crippen LogP contribution < -0.4 is 10.1 Å². The van der Waals surface area contributed by atoms with Gasteiger partial charge in [-0.15, -0.1) is 0 Å². The maximum Gasteiger partial charge on any atom is 0.407 e. The smallest absolute Gasteiger partial charge is 0.407 e. The standard InChI is InChI=1S/C34H57NO5/c1-3-5-6-7-8-9-10-11-12-13-14-15-16-21-33(36)40-32-20-18-17-19-30(32)28-29-22-24-31(25-23-29)39-27-26-35-34(37)38-4-2/h22-25,30,32H,3-21,26-28H2,1-2H3,(H,35,37). The highest BCUT2D eigenvalue weighted by molar-refractivity contribution is 5.69. The van der Waals surface area contributed by atoms with E-state index in [0.29, 0.717) is 32.1 Å². The van der Waals surface area contributed by atoms with E-state index >= 15 is 0 Å². The van der Waals surface area contributed by atoms with Crippen LogP contribution in [0, 0.1) is 5.92 Å². The minimum atomic E-state index is -0.423. The van der Waals surface area contributed by atoms with Gasteiger partial charge in [0.25, 0.3) is 0 Å². The number of esters is 1. The van der Waals surface area contributed by atoms with E-state index in [0.717, 1.165) is 44.3 Å². The van der Waals surface area contributed by atoms with Crippen molar-refractivity contribution in [1.82, 2.24) is 5.32 Å². The Hall–Kier alpha value is -2.24. The summed E-state index contributed by atoms with van der Waals surface area (Å²) in [5.41, 5.74) is 1.24. The highest BCUT2D eigenvalue weighted by Crippen LogP contribution is 2.30. The predicted octanol–water partition coefficient (Wildman–Crippen LogP) is 8.94. The van der Waals surface area contributed by atoms with Crippen molar-refractivity contribution in [2.24, 2.45) is 5.92 Å². The summed E-state index contributed by atoms with van der Waals surface area (Å²) < 4.78 is 16.5. The summed E-state index contributed by atoms with van der Waals surface area (Å²) in [4.78, 5) is 23.9. The molecule has 228 valence electrons. The summed E-state index contributed by atoms with van der Waals surface area (Å²) in [5, 5.41) is 2.65. The van der Waals surface area contributed by atoms with Crippen molar-refractivity contribution in [2.45, 2.75) is 142 Å². The van der Waals surface area contributed by atoms with Crippen molar-refractivity contribution in [3.63, 3.8) is 0 Å². The number of benzene rings is 1. The zero-order chi connectivity index (χ0) is 28.7. The predicted molar refractivity (Wildman–Crippen MR) is 163 cm³/mol. The lowest BCUT2D eigenvalue weighted by Crippen LogP contribution is -2.31. The summed E-state index contributed by atoms with van der Waals surface area (Å²) in [5.74, 6) is 1.14. The number of carbonyl (C=O) groups is 2. The third-order valence-electron chi connectivity index (χ3n) is 7.94. The van der Waals surface area contributed by atoms with E-state index in [-0.39, 0.29) is 12.1 Å². The first-order chi connectivity index (χ1) is 19.6. The Morgan fingerprint density at radius 3 is 2.02 bits per heavy atom. The Kier molecular flexibility index (Phi) is 19.1. The van der Waals surface area contributed by atoms with E-state index < -0.39 is 6.09 Å². The van der Waals surface area contributed by atoms with Gasteiger partial charge in [-0.3, -0.25) is 4.79 Å². The van der Waals surface area contributed by atoms with Crippen LogP contribution in [0.3, 0.4) is 0 Å². The largest absolute Gasteiger partial charge is 0.492 e. The third-order valence-corrected chi connectivity index (χ3v) is 7.94. The number of hydrogen-bond donors (Lipinski definition) is 1. The maximum atomic E-state index is 12.6. The van der Waals surface area contributed by atoms with Gasteiger partial charge in [0.2, 0.25) is 0 Å². The first-order valence-corrected chi connectivity index (χ1v) is 16.4. The van der Waals surface area contributed by atoms with Gasteiger partial charge in [-0.25, -0.2) is 4.79 Å². The maximum absolute atomic E-state index is 12.6. The van der Waals surface area contributed by atoms with E-state index in [1.165, 1.54) is 82.6 Å². The number of nitrogens with one attached hydrogen (secondary N) is 1. The Morgan fingerprint density at radius 1 is 0.800 bits per heavy atom. The fraction of sp³-hybridized carbons (Fsp3) is 0.765. The Labute approximate surface area is 244 Å². The van der Waals surface area contributed by atoms with Crippen LogP contribution in [0.2, 0.25) is 0 Å². The number of amides is 1. The molecule has 6 nitrogen and oxygen atoms in total. The molecule has 6 heteroatoms. The van der Waals surface area contributed by atoms with Gasteiger partial charge < -0.3 is 19.5 Å². The lowest BCUT2D eigenvalue weighted by atomic mass is 9.82. The van der Waals surface area contributed by atoms with Gasteiger partial charge in [0.05, 0.1) is 13.2 Å². The van der Waals surface area contributed by atoms with E-state index in [4.69, 9.17) is 14.2 Å². The summed E-state index contributed by atoms with van der Waals surface area (Å²) >= 11 is 0. The van der Waals surface area contributed by atoms with Crippen molar-refractivity contribution in [3.8, 4) is 5.75 Å². The molecule has 1 N–H and O–H groups in total. The van der Waals surface area contributed by atoms with Crippen LogP contribution in [0.5, 0.6) is 5.75 Å². The number of carbonyl (C=O) groups excluding carboxylic acids is 2. The van der Waals surface area contributed by atoms with Gasteiger partial charge in [-0.1, -0.05) is 103 Å². The zero-order valence-electron chi connectivity index (χ0n) is 25.6. The molecule has 0 aromatic heterocycles. The zero-order valence-corrected chi connectivity index (χ0v) is 25.6. The highest BCUT2D eigenvalue weighted by Gasteiger charge is 2.28. The van der Waals surface area contributed by atoms with Gasteiger partial charge in [-0.2, -0.15) is 0 Å². The molecule has 2 atom stereocenters. The molecule has 1 amide bonds. The Morgan fingerprint density at radius 2 is 1.40 bits per heavy atom. The molecule has 0 aliphatic heterocycles.